The molecule has 112 valence electrons. The predicted octanol–water partition coefficient (Wildman–Crippen LogP) is 4.19. The van der Waals surface area contributed by atoms with Gasteiger partial charge in [-0.15, -0.1) is 11.3 Å². The Morgan fingerprint density at radius 3 is 2.43 bits per heavy atom. The molecule has 1 atom stereocenters. The van der Waals surface area contributed by atoms with Crippen LogP contribution in [0, 0.1) is 5.92 Å². The van der Waals surface area contributed by atoms with E-state index in [-0.39, 0.29) is 5.91 Å². The van der Waals surface area contributed by atoms with Crippen molar-refractivity contribution < 1.29 is 4.79 Å². The minimum absolute atomic E-state index is 0.0431. The highest BCUT2D eigenvalue weighted by atomic mass is 32.1. The van der Waals surface area contributed by atoms with E-state index in [1.54, 1.807) is 11.3 Å². The van der Waals surface area contributed by atoms with E-state index >= 15 is 0 Å². The molecule has 21 heavy (non-hydrogen) atoms. The number of carbonyl (C=O) groups excluding carboxylic acids is 1. The Morgan fingerprint density at radius 2 is 1.90 bits per heavy atom. The van der Waals surface area contributed by atoms with Crippen LogP contribution in [0.3, 0.4) is 0 Å². The van der Waals surface area contributed by atoms with Crippen LogP contribution in [0.4, 0.5) is 5.69 Å². The SMILES string of the molecule is CC(=O)Nc1ccc(CNC(c2cccs2)C(C)C)cc1. The van der Waals surface area contributed by atoms with Crippen molar-refractivity contribution in [3.8, 4) is 0 Å². The third-order valence-corrected chi connectivity index (χ3v) is 4.27. The van der Waals surface area contributed by atoms with Crippen molar-refractivity contribution in [3.05, 3.63) is 52.2 Å². The molecule has 1 aromatic heterocycles. The van der Waals surface area contributed by atoms with Gasteiger partial charge < -0.3 is 10.6 Å². The van der Waals surface area contributed by atoms with Crippen molar-refractivity contribution in [2.24, 2.45) is 5.92 Å². The number of carbonyl (C=O) groups is 1. The summed E-state index contributed by atoms with van der Waals surface area (Å²) >= 11 is 1.79. The number of rotatable bonds is 6. The fourth-order valence-electron chi connectivity index (χ4n) is 2.27. The maximum Gasteiger partial charge on any atom is 0.221 e. The summed E-state index contributed by atoms with van der Waals surface area (Å²) in [5, 5.41) is 8.52. The van der Waals surface area contributed by atoms with Crippen molar-refractivity contribution >= 4 is 22.9 Å². The van der Waals surface area contributed by atoms with Crippen LogP contribution < -0.4 is 10.6 Å². The summed E-state index contributed by atoms with van der Waals surface area (Å²) in [5.41, 5.74) is 2.05. The smallest absolute Gasteiger partial charge is 0.221 e. The zero-order valence-electron chi connectivity index (χ0n) is 12.7. The second-order valence-corrected chi connectivity index (χ2v) is 6.48. The van der Waals surface area contributed by atoms with Gasteiger partial charge in [0.2, 0.25) is 5.91 Å². The molecule has 4 heteroatoms. The molecule has 0 fully saturated rings. The molecule has 0 spiro atoms. The van der Waals surface area contributed by atoms with E-state index in [0.717, 1.165) is 12.2 Å². The quantitative estimate of drug-likeness (QED) is 0.840. The maximum atomic E-state index is 11.0. The molecule has 1 aromatic carbocycles. The topological polar surface area (TPSA) is 41.1 Å². The van der Waals surface area contributed by atoms with E-state index in [9.17, 15) is 4.79 Å². The van der Waals surface area contributed by atoms with Gasteiger partial charge in [0.15, 0.2) is 0 Å². The van der Waals surface area contributed by atoms with Crippen molar-refractivity contribution in [2.45, 2.75) is 33.4 Å². The largest absolute Gasteiger partial charge is 0.326 e. The van der Waals surface area contributed by atoms with Gasteiger partial charge in [-0.1, -0.05) is 32.0 Å². The number of benzene rings is 1. The number of nitrogens with one attached hydrogen (secondary N) is 2. The molecule has 1 amide bonds. The van der Waals surface area contributed by atoms with Gasteiger partial charge in [0.05, 0.1) is 0 Å². The van der Waals surface area contributed by atoms with Gasteiger partial charge in [-0.2, -0.15) is 0 Å². The molecule has 0 saturated heterocycles. The summed E-state index contributed by atoms with van der Waals surface area (Å²) < 4.78 is 0. The molecule has 0 radical (unpaired) electrons. The van der Waals surface area contributed by atoms with Crippen LogP contribution in [0.25, 0.3) is 0 Å². The molecule has 0 aliphatic heterocycles. The fraction of sp³-hybridized carbons (Fsp3) is 0.353. The van der Waals surface area contributed by atoms with Gasteiger partial charge in [0.25, 0.3) is 0 Å². The zero-order chi connectivity index (χ0) is 15.2. The van der Waals surface area contributed by atoms with Crippen LogP contribution in [-0.4, -0.2) is 5.91 Å². The number of hydrogen-bond donors (Lipinski definition) is 2. The number of anilines is 1. The second-order valence-electron chi connectivity index (χ2n) is 5.50. The number of hydrogen-bond acceptors (Lipinski definition) is 3. The van der Waals surface area contributed by atoms with E-state index in [1.165, 1.54) is 17.4 Å². The average molecular weight is 302 g/mol. The van der Waals surface area contributed by atoms with E-state index in [2.05, 4.69) is 42.0 Å². The second kappa shape index (κ2) is 7.38. The summed E-state index contributed by atoms with van der Waals surface area (Å²) in [5.74, 6) is 0.501. The molecule has 0 saturated carbocycles. The maximum absolute atomic E-state index is 11.0. The molecule has 0 aliphatic carbocycles. The van der Waals surface area contributed by atoms with Gasteiger partial charge in [-0.3, -0.25) is 4.79 Å². The summed E-state index contributed by atoms with van der Waals surface area (Å²) in [7, 11) is 0. The van der Waals surface area contributed by atoms with Gasteiger partial charge in [0, 0.05) is 30.1 Å². The van der Waals surface area contributed by atoms with Crippen LogP contribution in [0.2, 0.25) is 0 Å². The average Bonchev–Trinajstić information content (AvgIpc) is 2.94. The summed E-state index contributed by atoms with van der Waals surface area (Å²) in [6.07, 6.45) is 0. The van der Waals surface area contributed by atoms with Gasteiger partial charge in [0.1, 0.15) is 0 Å². The molecule has 2 aromatic rings. The third-order valence-electron chi connectivity index (χ3n) is 3.32. The molecule has 1 unspecified atom stereocenters. The first-order chi connectivity index (χ1) is 10.1. The molecule has 2 N–H and O–H groups in total. The zero-order valence-corrected chi connectivity index (χ0v) is 13.5. The third kappa shape index (κ3) is 4.69. The lowest BCUT2D eigenvalue weighted by molar-refractivity contribution is -0.114. The van der Waals surface area contributed by atoms with Crippen LogP contribution in [0.15, 0.2) is 41.8 Å². The van der Waals surface area contributed by atoms with Crippen LogP contribution in [-0.2, 0) is 11.3 Å². The lowest BCUT2D eigenvalue weighted by Crippen LogP contribution is -2.24. The van der Waals surface area contributed by atoms with E-state index in [1.807, 2.05) is 24.3 Å². The molecule has 3 nitrogen and oxygen atoms in total. The van der Waals surface area contributed by atoms with Gasteiger partial charge in [-0.05, 0) is 35.1 Å². The first-order valence-corrected chi connectivity index (χ1v) is 8.07. The Bertz CT molecular complexity index is 561. The van der Waals surface area contributed by atoms with Gasteiger partial charge in [-0.25, -0.2) is 0 Å². The van der Waals surface area contributed by atoms with Crippen molar-refractivity contribution in [1.82, 2.24) is 5.32 Å². The molecule has 1 heterocycles. The lowest BCUT2D eigenvalue weighted by Gasteiger charge is -2.21. The lowest BCUT2D eigenvalue weighted by atomic mass is 10.0. The van der Waals surface area contributed by atoms with Crippen LogP contribution >= 0.6 is 11.3 Å². The Kier molecular flexibility index (Phi) is 5.53. The normalized spacial score (nSPS) is 12.4. The van der Waals surface area contributed by atoms with Gasteiger partial charge >= 0.3 is 0 Å². The van der Waals surface area contributed by atoms with E-state index in [0.29, 0.717) is 12.0 Å². The molecular weight excluding hydrogens is 280 g/mol. The van der Waals surface area contributed by atoms with Crippen LogP contribution in [0.1, 0.15) is 37.3 Å². The van der Waals surface area contributed by atoms with Crippen molar-refractivity contribution in [3.63, 3.8) is 0 Å². The monoisotopic (exact) mass is 302 g/mol. The first-order valence-electron chi connectivity index (χ1n) is 7.19. The summed E-state index contributed by atoms with van der Waals surface area (Å²) in [4.78, 5) is 12.4. The first kappa shape index (κ1) is 15.7. The minimum Gasteiger partial charge on any atom is -0.326 e. The Morgan fingerprint density at radius 1 is 1.19 bits per heavy atom. The highest BCUT2D eigenvalue weighted by molar-refractivity contribution is 7.10. The van der Waals surface area contributed by atoms with E-state index in [4.69, 9.17) is 0 Å². The highest BCUT2D eigenvalue weighted by Crippen LogP contribution is 2.26. The number of amides is 1. The molecule has 0 aliphatic rings. The summed E-state index contributed by atoms with van der Waals surface area (Å²) in [6.45, 7) is 6.80. The fourth-order valence-corrected chi connectivity index (χ4v) is 3.24. The Labute approximate surface area is 130 Å². The number of thiophene rings is 1. The Hall–Kier alpha value is -1.65. The molecular formula is C17H22N2OS. The highest BCUT2D eigenvalue weighted by Gasteiger charge is 2.15. The molecule has 2 rings (SSSR count). The predicted molar refractivity (Wildman–Crippen MR) is 89.5 cm³/mol. The minimum atomic E-state index is -0.0431. The Balaban J connectivity index is 1.96. The standard InChI is InChI=1S/C17H22N2OS/c1-12(2)17(16-5-4-10-21-16)18-11-14-6-8-15(9-7-14)19-13(3)20/h4-10,12,17-18H,11H2,1-3H3,(H,19,20). The van der Waals surface area contributed by atoms with Crippen molar-refractivity contribution in [2.75, 3.05) is 5.32 Å². The molecule has 0 bridgehead atoms. The van der Waals surface area contributed by atoms with Crippen molar-refractivity contribution in [1.29, 1.82) is 0 Å². The summed E-state index contributed by atoms with van der Waals surface area (Å²) in [6, 6.07) is 12.6. The van der Waals surface area contributed by atoms with Crippen LogP contribution in [0.5, 0.6) is 0 Å². The van der Waals surface area contributed by atoms with E-state index < -0.39 is 0 Å².